The number of benzene rings is 1. The van der Waals surface area contributed by atoms with E-state index < -0.39 is 11.6 Å². The normalized spacial score (nSPS) is 18.5. The molecule has 0 spiro atoms. The van der Waals surface area contributed by atoms with Crippen LogP contribution in [-0.2, 0) is 9.53 Å². The zero-order valence-electron chi connectivity index (χ0n) is 18.9. The SMILES string of the molecule is C=C/C(=C\C=C/CN1CCOC(C)C1)C(C)NC(=O)/C=C/c1ccc(F)cc1F.CC. The Morgan fingerprint density at radius 2 is 2.13 bits per heavy atom. The molecule has 6 heteroatoms. The minimum Gasteiger partial charge on any atom is -0.376 e. The Morgan fingerprint density at radius 3 is 2.77 bits per heavy atom. The molecule has 1 aromatic rings. The fourth-order valence-electron chi connectivity index (χ4n) is 2.98. The Kier molecular flexibility index (Phi) is 12.3. The highest BCUT2D eigenvalue weighted by Crippen LogP contribution is 2.11. The summed E-state index contributed by atoms with van der Waals surface area (Å²) >= 11 is 0. The molecule has 2 rings (SSSR count). The average molecular weight is 433 g/mol. The molecule has 1 aromatic carbocycles. The van der Waals surface area contributed by atoms with E-state index in [9.17, 15) is 13.6 Å². The van der Waals surface area contributed by atoms with Gasteiger partial charge in [0.25, 0.3) is 0 Å². The molecule has 1 heterocycles. The zero-order valence-corrected chi connectivity index (χ0v) is 18.9. The van der Waals surface area contributed by atoms with Crippen LogP contribution in [0.25, 0.3) is 6.08 Å². The van der Waals surface area contributed by atoms with Gasteiger partial charge in [0, 0.05) is 37.3 Å². The third-order valence-corrected chi connectivity index (χ3v) is 4.58. The summed E-state index contributed by atoms with van der Waals surface area (Å²) < 4.78 is 32.1. The number of hydrogen-bond acceptors (Lipinski definition) is 3. The summed E-state index contributed by atoms with van der Waals surface area (Å²) in [6.07, 6.45) is 10.4. The Morgan fingerprint density at radius 1 is 1.39 bits per heavy atom. The van der Waals surface area contributed by atoms with E-state index in [2.05, 4.69) is 29.8 Å². The Balaban J connectivity index is 0.00000233. The number of allylic oxidation sites excluding steroid dienone is 2. The van der Waals surface area contributed by atoms with Crippen LogP contribution in [0.3, 0.4) is 0 Å². The van der Waals surface area contributed by atoms with Crippen LogP contribution in [-0.4, -0.2) is 49.2 Å². The maximum atomic E-state index is 13.6. The van der Waals surface area contributed by atoms with Gasteiger partial charge in [0.15, 0.2) is 0 Å². The standard InChI is InChI=1S/C23H28F2N2O2.C2H6/c1-4-19(7-5-6-12-27-13-14-29-17(2)16-27)18(3)26-23(28)11-9-20-8-10-21(24)15-22(20)25;1-2/h4-11,15,17-18H,1,12-14,16H2,2-3H3,(H,26,28);1-2H3/b6-5-,11-9+,19-7+;. The summed E-state index contributed by atoms with van der Waals surface area (Å²) in [5, 5.41) is 2.81. The highest BCUT2D eigenvalue weighted by Gasteiger charge is 2.14. The molecule has 0 saturated carbocycles. The van der Waals surface area contributed by atoms with Crippen molar-refractivity contribution in [1.29, 1.82) is 0 Å². The average Bonchev–Trinajstić information content (AvgIpc) is 2.74. The van der Waals surface area contributed by atoms with Crippen LogP contribution in [0.4, 0.5) is 8.78 Å². The van der Waals surface area contributed by atoms with Crippen molar-refractivity contribution in [3.05, 3.63) is 77.9 Å². The van der Waals surface area contributed by atoms with Gasteiger partial charge in [0.1, 0.15) is 11.6 Å². The van der Waals surface area contributed by atoms with Gasteiger partial charge in [-0.05, 0) is 37.6 Å². The molecule has 0 aromatic heterocycles. The summed E-state index contributed by atoms with van der Waals surface area (Å²) in [5.41, 5.74) is 1.00. The van der Waals surface area contributed by atoms with E-state index in [0.717, 1.165) is 43.9 Å². The molecule has 4 nitrogen and oxygen atoms in total. The first-order valence-corrected chi connectivity index (χ1v) is 10.7. The van der Waals surface area contributed by atoms with Crippen molar-refractivity contribution in [2.75, 3.05) is 26.2 Å². The van der Waals surface area contributed by atoms with Crippen LogP contribution in [0.1, 0.15) is 33.3 Å². The van der Waals surface area contributed by atoms with Crippen LogP contribution in [0, 0.1) is 11.6 Å². The monoisotopic (exact) mass is 432 g/mol. The summed E-state index contributed by atoms with van der Waals surface area (Å²) in [7, 11) is 0. The molecule has 1 fully saturated rings. The van der Waals surface area contributed by atoms with E-state index in [1.54, 1.807) is 6.08 Å². The van der Waals surface area contributed by atoms with Gasteiger partial charge in [-0.2, -0.15) is 0 Å². The van der Waals surface area contributed by atoms with Crippen LogP contribution in [0.15, 0.2) is 60.7 Å². The van der Waals surface area contributed by atoms with E-state index in [0.29, 0.717) is 0 Å². The molecular formula is C25H34F2N2O2. The lowest BCUT2D eigenvalue weighted by atomic mass is 10.1. The highest BCUT2D eigenvalue weighted by atomic mass is 19.1. The number of ether oxygens (including phenoxy) is 1. The fraction of sp³-hybridized carbons (Fsp3) is 0.400. The van der Waals surface area contributed by atoms with E-state index in [4.69, 9.17) is 4.74 Å². The molecular weight excluding hydrogens is 398 g/mol. The molecule has 31 heavy (non-hydrogen) atoms. The lowest BCUT2D eigenvalue weighted by Crippen LogP contribution is -2.40. The smallest absolute Gasteiger partial charge is 0.244 e. The second-order valence-corrected chi connectivity index (χ2v) is 6.97. The molecule has 1 N–H and O–H groups in total. The Hall–Kier alpha value is -2.57. The van der Waals surface area contributed by atoms with Gasteiger partial charge >= 0.3 is 0 Å². The van der Waals surface area contributed by atoms with Crippen molar-refractivity contribution < 1.29 is 18.3 Å². The summed E-state index contributed by atoms with van der Waals surface area (Å²) in [4.78, 5) is 14.4. The number of halogens is 2. The van der Waals surface area contributed by atoms with E-state index >= 15 is 0 Å². The van der Waals surface area contributed by atoms with Crippen molar-refractivity contribution >= 4 is 12.0 Å². The van der Waals surface area contributed by atoms with Crippen molar-refractivity contribution in [3.63, 3.8) is 0 Å². The molecule has 2 unspecified atom stereocenters. The van der Waals surface area contributed by atoms with Crippen LogP contribution >= 0.6 is 0 Å². The van der Waals surface area contributed by atoms with Gasteiger partial charge in [-0.1, -0.05) is 44.7 Å². The molecule has 0 radical (unpaired) electrons. The summed E-state index contributed by atoms with van der Waals surface area (Å²) in [5.74, 6) is -1.75. The second-order valence-electron chi connectivity index (χ2n) is 6.97. The number of morpholine rings is 1. The maximum Gasteiger partial charge on any atom is 0.244 e. The molecule has 1 aliphatic heterocycles. The molecule has 1 aliphatic rings. The van der Waals surface area contributed by atoms with E-state index in [1.165, 1.54) is 18.2 Å². The molecule has 170 valence electrons. The van der Waals surface area contributed by atoms with Gasteiger partial charge < -0.3 is 10.1 Å². The summed E-state index contributed by atoms with van der Waals surface area (Å²) in [6, 6.07) is 2.94. The maximum absolute atomic E-state index is 13.6. The minimum absolute atomic E-state index is 0.147. The van der Waals surface area contributed by atoms with Crippen LogP contribution in [0.2, 0.25) is 0 Å². The Bertz CT molecular complexity index is 803. The highest BCUT2D eigenvalue weighted by molar-refractivity contribution is 5.92. The third kappa shape index (κ3) is 9.85. The Labute approximate surface area is 185 Å². The first-order valence-electron chi connectivity index (χ1n) is 10.7. The summed E-state index contributed by atoms with van der Waals surface area (Å²) in [6.45, 7) is 15.1. The topological polar surface area (TPSA) is 41.6 Å². The van der Waals surface area contributed by atoms with E-state index in [-0.39, 0.29) is 23.6 Å². The van der Waals surface area contributed by atoms with Crippen LogP contribution in [0.5, 0.6) is 0 Å². The number of nitrogens with one attached hydrogen (secondary N) is 1. The zero-order chi connectivity index (χ0) is 23.2. The predicted octanol–water partition coefficient (Wildman–Crippen LogP) is 4.90. The molecule has 1 saturated heterocycles. The van der Waals surface area contributed by atoms with Crippen molar-refractivity contribution in [2.24, 2.45) is 0 Å². The quantitative estimate of drug-likeness (QED) is 0.469. The van der Waals surface area contributed by atoms with Gasteiger partial charge in [-0.3, -0.25) is 9.69 Å². The molecule has 0 bridgehead atoms. The first-order chi connectivity index (χ1) is 14.9. The predicted molar refractivity (Wildman–Crippen MR) is 124 cm³/mol. The third-order valence-electron chi connectivity index (χ3n) is 4.58. The first kappa shape index (κ1) is 26.5. The largest absolute Gasteiger partial charge is 0.376 e. The number of carbonyl (C=O) groups is 1. The van der Waals surface area contributed by atoms with Crippen molar-refractivity contribution in [1.82, 2.24) is 10.2 Å². The second kappa shape index (κ2) is 14.4. The van der Waals surface area contributed by atoms with Gasteiger partial charge in [-0.25, -0.2) is 8.78 Å². The lowest BCUT2D eigenvalue weighted by molar-refractivity contribution is -0.116. The fourth-order valence-corrected chi connectivity index (χ4v) is 2.98. The number of rotatable bonds is 8. The van der Waals surface area contributed by atoms with Gasteiger partial charge in [0.05, 0.1) is 18.8 Å². The number of amides is 1. The van der Waals surface area contributed by atoms with Crippen molar-refractivity contribution in [2.45, 2.75) is 39.8 Å². The number of nitrogens with zero attached hydrogens (tertiary/aromatic N) is 1. The van der Waals surface area contributed by atoms with Gasteiger partial charge in [0.2, 0.25) is 5.91 Å². The lowest BCUT2D eigenvalue weighted by Gasteiger charge is -2.30. The number of hydrogen-bond donors (Lipinski definition) is 1. The number of carbonyl (C=O) groups excluding carboxylic acids is 1. The van der Waals surface area contributed by atoms with Gasteiger partial charge in [-0.15, -0.1) is 0 Å². The van der Waals surface area contributed by atoms with Crippen molar-refractivity contribution in [3.8, 4) is 0 Å². The molecule has 1 amide bonds. The van der Waals surface area contributed by atoms with Crippen LogP contribution < -0.4 is 5.32 Å². The molecule has 2 atom stereocenters. The minimum atomic E-state index is -0.714. The molecule has 0 aliphatic carbocycles. The van der Waals surface area contributed by atoms with E-state index in [1.807, 2.05) is 32.9 Å².